The SMILES string of the molecule is Cc1ccc(OCNC(=O)Nc2ccc(S(=O)(=O)O)cc2)cc1. The molecule has 8 heteroatoms. The molecule has 2 rings (SSSR count). The van der Waals surface area contributed by atoms with E-state index in [9.17, 15) is 13.2 Å². The number of ether oxygens (including phenoxy) is 1. The van der Waals surface area contributed by atoms with Gasteiger partial charge in [-0.15, -0.1) is 0 Å². The van der Waals surface area contributed by atoms with E-state index in [1.54, 1.807) is 12.1 Å². The Bertz CT molecular complexity index is 771. The molecule has 0 aliphatic rings. The minimum Gasteiger partial charge on any atom is -0.473 e. The first-order chi connectivity index (χ1) is 10.8. The lowest BCUT2D eigenvalue weighted by molar-refractivity contribution is 0.234. The molecule has 0 atom stereocenters. The lowest BCUT2D eigenvalue weighted by Gasteiger charge is -2.09. The average Bonchev–Trinajstić information content (AvgIpc) is 2.49. The molecule has 0 aliphatic carbocycles. The Morgan fingerprint density at radius 2 is 1.70 bits per heavy atom. The topological polar surface area (TPSA) is 105 Å². The van der Waals surface area contributed by atoms with Gasteiger partial charge in [0.2, 0.25) is 0 Å². The molecule has 0 saturated carbocycles. The summed E-state index contributed by atoms with van der Waals surface area (Å²) < 4.78 is 36.0. The fourth-order valence-electron chi connectivity index (χ4n) is 1.70. The number of carbonyl (C=O) groups excluding carboxylic acids is 1. The quantitative estimate of drug-likeness (QED) is 0.574. The van der Waals surface area contributed by atoms with Crippen LogP contribution in [0.15, 0.2) is 53.4 Å². The molecule has 3 N–H and O–H groups in total. The van der Waals surface area contributed by atoms with E-state index >= 15 is 0 Å². The van der Waals surface area contributed by atoms with Crippen LogP contribution in [-0.4, -0.2) is 25.7 Å². The summed E-state index contributed by atoms with van der Waals surface area (Å²) in [6.45, 7) is 1.95. The minimum absolute atomic E-state index is 0.0159. The van der Waals surface area contributed by atoms with Crippen LogP contribution in [0.1, 0.15) is 5.56 Å². The molecule has 23 heavy (non-hydrogen) atoms. The Morgan fingerprint density at radius 3 is 2.26 bits per heavy atom. The summed E-state index contributed by atoms with van der Waals surface area (Å²) in [5.41, 5.74) is 1.49. The van der Waals surface area contributed by atoms with Crippen molar-refractivity contribution in [3.8, 4) is 5.75 Å². The molecule has 0 fully saturated rings. The summed E-state index contributed by atoms with van der Waals surface area (Å²) in [4.78, 5) is 11.4. The Labute approximate surface area is 134 Å². The van der Waals surface area contributed by atoms with Crippen molar-refractivity contribution in [2.45, 2.75) is 11.8 Å². The van der Waals surface area contributed by atoms with Crippen LogP contribution < -0.4 is 15.4 Å². The Hall–Kier alpha value is -2.58. The zero-order valence-corrected chi connectivity index (χ0v) is 13.1. The van der Waals surface area contributed by atoms with Crippen LogP contribution in [0.5, 0.6) is 5.75 Å². The highest BCUT2D eigenvalue weighted by Gasteiger charge is 2.09. The third-order valence-corrected chi connectivity index (χ3v) is 3.77. The first-order valence-corrected chi connectivity index (χ1v) is 8.10. The van der Waals surface area contributed by atoms with E-state index < -0.39 is 16.1 Å². The first kappa shape index (κ1) is 16.8. The smallest absolute Gasteiger partial charge is 0.321 e. The minimum atomic E-state index is -4.24. The molecule has 2 aromatic rings. The van der Waals surface area contributed by atoms with E-state index in [4.69, 9.17) is 9.29 Å². The van der Waals surface area contributed by atoms with E-state index in [0.717, 1.165) is 5.56 Å². The van der Waals surface area contributed by atoms with Crippen molar-refractivity contribution in [1.29, 1.82) is 0 Å². The van der Waals surface area contributed by atoms with Crippen LogP contribution in [0.4, 0.5) is 10.5 Å². The van der Waals surface area contributed by atoms with E-state index in [0.29, 0.717) is 11.4 Å². The number of hydrogen-bond donors (Lipinski definition) is 3. The third-order valence-electron chi connectivity index (χ3n) is 2.90. The van der Waals surface area contributed by atoms with E-state index in [-0.39, 0.29) is 11.6 Å². The van der Waals surface area contributed by atoms with E-state index in [2.05, 4.69) is 10.6 Å². The fraction of sp³-hybridized carbons (Fsp3) is 0.133. The van der Waals surface area contributed by atoms with Gasteiger partial charge in [-0.3, -0.25) is 4.55 Å². The summed E-state index contributed by atoms with van der Waals surface area (Å²) >= 11 is 0. The lowest BCUT2D eigenvalue weighted by Crippen LogP contribution is -2.32. The maximum absolute atomic E-state index is 11.7. The number of benzene rings is 2. The van der Waals surface area contributed by atoms with Crippen LogP contribution in [-0.2, 0) is 10.1 Å². The molecular weight excluding hydrogens is 320 g/mol. The molecule has 122 valence electrons. The van der Waals surface area contributed by atoms with Crippen molar-refractivity contribution in [2.24, 2.45) is 0 Å². The predicted molar refractivity (Wildman–Crippen MR) is 85.1 cm³/mol. The Kier molecular flexibility index (Phi) is 5.20. The highest BCUT2D eigenvalue weighted by Crippen LogP contribution is 2.13. The second kappa shape index (κ2) is 7.12. The number of hydrogen-bond acceptors (Lipinski definition) is 4. The Morgan fingerprint density at radius 1 is 1.09 bits per heavy atom. The summed E-state index contributed by atoms with van der Waals surface area (Å²) in [6, 6.07) is 12.0. The van der Waals surface area contributed by atoms with Gasteiger partial charge in [-0.25, -0.2) is 4.79 Å². The highest BCUT2D eigenvalue weighted by molar-refractivity contribution is 7.85. The molecule has 2 amide bonds. The van der Waals surface area contributed by atoms with Crippen molar-refractivity contribution >= 4 is 21.8 Å². The number of anilines is 1. The average molecular weight is 336 g/mol. The number of carbonyl (C=O) groups is 1. The molecule has 0 bridgehead atoms. The fourth-order valence-corrected chi connectivity index (χ4v) is 2.19. The Balaban J connectivity index is 1.81. The summed E-state index contributed by atoms with van der Waals surface area (Å²) in [5, 5.41) is 5.01. The van der Waals surface area contributed by atoms with Crippen molar-refractivity contribution < 1.29 is 22.5 Å². The largest absolute Gasteiger partial charge is 0.473 e. The highest BCUT2D eigenvalue weighted by atomic mass is 32.2. The maximum atomic E-state index is 11.7. The molecule has 2 aromatic carbocycles. The molecule has 0 heterocycles. The number of rotatable bonds is 5. The van der Waals surface area contributed by atoms with Gasteiger partial charge < -0.3 is 15.4 Å². The van der Waals surface area contributed by atoms with Crippen LogP contribution in [0.25, 0.3) is 0 Å². The standard InChI is InChI=1S/C15H16N2O5S/c1-11-2-6-13(7-3-11)22-10-16-15(18)17-12-4-8-14(9-5-12)23(19,20)21/h2-9H,10H2,1H3,(H2,16,17,18)(H,19,20,21). The summed E-state index contributed by atoms with van der Waals surface area (Å²) in [5.74, 6) is 0.633. The lowest BCUT2D eigenvalue weighted by atomic mass is 10.2. The zero-order valence-electron chi connectivity index (χ0n) is 12.3. The number of amides is 2. The second-order valence-electron chi connectivity index (χ2n) is 4.73. The monoisotopic (exact) mass is 336 g/mol. The van der Waals surface area contributed by atoms with Gasteiger partial charge in [0.25, 0.3) is 10.1 Å². The third kappa shape index (κ3) is 5.28. The molecule has 7 nitrogen and oxygen atoms in total. The zero-order chi connectivity index (χ0) is 16.9. The molecule has 0 radical (unpaired) electrons. The van der Waals surface area contributed by atoms with Crippen molar-refractivity contribution in [3.05, 3.63) is 54.1 Å². The van der Waals surface area contributed by atoms with Crippen LogP contribution in [0.2, 0.25) is 0 Å². The molecular formula is C15H16N2O5S. The van der Waals surface area contributed by atoms with E-state index in [1.807, 2.05) is 19.1 Å². The van der Waals surface area contributed by atoms with Gasteiger partial charge in [-0.1, -0.05) is 17.7 Å². The van der Waals surface area contributed by atoms with Crippen molar-refractivity contribution in [1.82, 2.24) is 5.32 Å². The van der Waals surface area contributed by atoms with Gasteiger partial charge >= 0.3 is 6.03 Å². The van der Waals surface area contributed by atoms with Crippen LogP contribution in [0.3, 0.4) is 0 Å². The second-order valence-corrected chi connectivity index (χ2v) is 6.15. The summed E-state index contributed by atoms with van der Waals surface area (Å²) in [6.07, 6.45) is 0. The van der Waals surface area contributed by atoms with Gasteiger partial charge in [0.15, 0.2) is 6.73 Å². The van der Waals surface area contributed by atoms with Crippen molar-refractivity contribution in [3.63, 3.8) is 0 Å². The van der Waals surface area contributed by atoms with Gasteiger partial charge in [0.05, 0.1) is 4.90 Å². The van der Waals surface area contributed by atoms with E-state index in [1.165, 1.54) is 24.3 Å². The first-order valence-electron chi connectivity index (χ1n) is 6.66. The molecule has 0 unspecified atom stereocenters. The number of nitrogens with one attached hydrogen (secondary N) is 2. The molecule has 0 aromatic heterocycles. The van der Waals surface area contributed by atoms with Gasteiger partial charge in [-0.2, -0.15) is 8.42 Å². The van der Waals surface area contributed by atoms with Crippen LogP contribution >= 0.6 is 0 Å². The predicted octanol–water partition coefficient (Wildman–Crippen LogP) is 2.40. The number of aryl methyl sites for hydroxylation is 1. The maximum Gasteiger partial charge on any atom is 0.321 e. The molecule has 0 saturated heterocycles. The number of urea groups is 1. The summed E-state index contributed by atoms with van der Waals surface area (Å²) in [7, 11) is -4.24. The van der Waals surface area contributed by atoms with Crippen LogP contribution in [0, 0.1) is 6.92 Å². The van der Waals surface area contributed by atoms with Gasteiger partial charge in [0, 0.05) is 5.69 Å². The normalized spacial score (nSPS) is 10.9. The molecule has 0 spiro atoms. The van der Waals surface area contributed by atoms with Gasteiger partial charge in [-0.05, 0) is 43.3 Å². The van der Waals surface area contributed by atoms with Crippen molar-refractivity contribution in [2.75, 3.05) is 12.0 Å². The van der Waals surface area contributed by atoms with Gasteiger partial charge in [0.1, 0.15) is 5.75 Å². The molecule has 0 aliphatic heterocycles.